The zero-order chi connectivity index (χ0) is 14.0. The number of carboxylic acid groups (broad SMARTS) is 1. The van der Waals surface area contributed by atoms with E-state index in [0.29, 0.717) is 25.2 Å². The van der Waals surface area contributed by atoms with Crippen molar-refractivity contribution in [1.29, 1.82) is 0 Å². The Balaban J connectivity index is 1.92. The average Bonchev–Trinajstić information content (AvgIpc) is 2.77. The summed E-state index contributed by atoms with van der Waals surface area (Å²) in [6.07, 6.45) is -2.73. The fraction of sp³-hybridized carbons (Fsp3) is 0.583. The fourth-order valence-electron chi connectivity index (χ4n) is 2.31. The van der Waals surface area contributed by atoms with Crippen LogP contribution in [0.15, 0.2) is 16.7 Å². The molecule has 106 valence electrons. The molecular formula is C12H14F3NO3. The van der Waals surface area contributed by atoms with Crippen molar-refractivity contribution >= 4 is 5.97 Å². The van der Waals surface area contributed by atoms with Crippen molar-refractivity contribution in [2.24, 2.45) is 5.92 Å². The summed E-state index contributed by atoms with van der Waals surface area (Å²) in [6, 6.07) is 1.54. The van der Waals surface area contributed by atoms with E-state index in [1.807, 2.05) is 4.90 Å². The third-order valence-corrected chi connectivity index (χ3v) is 3.39. The number of nitrogens with zero attached hydrogens (tertiary/aromatic N) is 1. The molecule has 1 aromatic heterocycles. The van der Waals surface area contributed by atoms with E-state index in [-0.39, 0.29) is 18.6 Å². The number of carboxylic acids is 1. The van der Waals surface area contributed by atoms with Crippen LogP contribution in [-0.4, -0.2) is 35.2 Å². The van der Waals surface area contributed by atoms with E-state index in [4.69, 9.17) is 9.52 Å². The lowest BCUT2D eigenvalue weighted by Gasteiger charge is -2.32. The van der Waals surface area contributed by atoms with Gasteiger partial charge in [-0.1, -0.05) is 0 Å². The van der Waals surface area contributed by atoms with E-state index in [9.17, 15) is 18.0 Å². The van der Waals surface area contributed by atoms with Crippen LogP contribution < -0.4 is 0 Å². The van der Waals surface area contributed by atoms with Crippen LogP contribution in [0.1, 0.15) is 29.0 Å². The molecule has 7 heteroatoms. The summed E-state index contributed by atoms with van der Waals surface area (Å²) in [5.41, 5.74) is 0.498. The average molecular weight is 277 g/mol. The normalized spacial score (nSPS) is 18.7. The number of alkyl halides is 3. The lowest BCUT2D eigenvalue weighted by Crippen LogP contribution is -2.38. The highest BCUT2D eigenvalue weighted by Gasteiger charge is 2.41. The van der Waals surface area contributed by atoms with Gasteiger partial charge in [0.05, 0.1) is 12.2 Å². The van der Waals surface area contributed by atoms with Crippen molar-refractivity contribution in [1.82, 2.24) is 4.90 Å². The number of carbonyl (C=O) groups is 1. The van der Waals surface area contributed by atoms with Gasteiger partial charge in [0.15, 0.2) is 0 Å². The Hall–Kier alpha value is -1.50. The van der Waals surface area contributed by atoms with E-state index in [0.717, 1.165) is 0 Å². The third kappa shape index (κ3) is 3.28. The summed E-state index contributed by atoms with van der Waals surface area (Å²) in [6.45, 7) is 0.936. The molecule has 1 aromatic rings. The number of likely N-dealkylation sites (tertiary alicyclic amines) is 1. The Kier molecular flexibility index (Phi) is 3.84. The number of hydrogen-bond donors (Lipinski definition) is 1. The molecule has 1 saturated heterocycles. The second-order valence-electron chi connectivity index (χ2n) is 4.67. The van der Waals surface area contributed by atoms with Crippen molar-refractivity contribution < 1.29 is 27.5 Å². The van der Waals surface area contributed by atoms with Crippen LogP contribution in [0.25, 0.3) is 0 Å². The number of halogens is 3. The van der Waals surface area contributed by atoms with Gasteiger partial charge in [-0.15, -0.1) is 0 Å². The van der Waals surface area contributed by atoms with Crippen molar-refractivity contribution in [3.05, 3.63) is 23.7 Å². The molecule has 0 atom stereocenters. The molecule has 19 heavy (non-hydrogen) atoms. The summed E-state index contributed by atoms with van der Waals surface area (Å²) < 4.78 is 42.4. The van der Waals surface area contributed by atoms with Crippen LogP contribution in [-0.2, 0) is 6.54 Å². The Morgan fingerprint density at radius 1 is 1.42 bits per heavy atom. The Morgan fingerprint density at radius 3 is 2.58 bits per heavy atom. The Bertz CT molecular complexity index is 447. The van der Waals surface area contributed by atoms with Gasteiger partial charge in [0.2, 0.25) is 5.76 Å². The Labute approximate surface area is 107 Å². The Morgan fingerprint density at radius 2 is 2.05 bits per heavy atom. The standard InChI is InChI=1S/C12H14F3NO3/c13-12(14,15)9-1-4-16(5-2-9)7-8-3-6-19-10(8)11(17)18/h3,6,9H,1-2,4-5,7H2,(H,17,18). The summed E-state index contributed by atoms with van der Waals surface area (Å²) in [5, 5.41) is 8.87. The number of furan rings is 1. The molecule has 0 bridgehead atoms. The van der Waals surface area contributed by atoms with Gasteiger partial charge in [-0.3, -0.25) is 4.90 Å². The molecule has 2 rings (SSSR count). The third-order valence-electron chi connectivity index (χ3n) is 3.39. The summed E-state index contributed by atoms with van der Waals surface area (Å²) in [7, 11) is 0. The summed E-state index contributed by atoms with van der Waals surface area (Å²) in [5.74, 6) is -2.55. The maximum absolute atomic E-state index is 12.5. The van der Waals surface area contributed by atoms with E-state index in [2.05, 4.69) is 0 Å². The molecule has 0 aliphatic carbocycles. The highest BCUT2D eigenvalue weighted by molar-refractivity contribution is 5.86. The topological polar surface area (TPSA) is 53.7 Å². The molecule has 0 radical (unpaired) electrons. The van der Waals surface area contributed by atoms with Gasteiger partial charge in [-0.2, -0.15) is 13.2 Å². The first-order chi connectivity index (χ1) is 8.88. The van der Waals surface area contributed by atoms with Crippen LogP contribution in [0.3, 0.4) is 0 Å². The molecule has 1 N–H and O–H groups in total. The molecule has 0 spiro atoms. The van der Waals surface area contributed by atoms with Gasteiger partial charge in [-0.25, -0.2) is 4.79 Å². The zero-order valence-corrected chi connectivity index (χ0v) is 10.1. The lowest BCUT2D eigenvalue weighted by molar-refractivity contribution is -0.185. The van der Waals surface area contributed by atoms with Crippen LogP contribution in [0.2, 0.25) is 0 Å². The molecule has 0 aromatic carbocycles. The van der Waals surface area contributed by atoms with Gasteiger partial charge >= 0.3 is 12.1 Å². The second kappa shape index (κ2) is 5.24. The van der Waals surface area contributed by atoms with E-state index >= 15 is 0 Å². The minimum absolute atomic E-state index is 0.0593. The van der Waals surface area contributed by atoms with Gasteiger partial charge in [0.1, 0.15) is 0 Å². The number of piperidine rings is 1. The maximum Gasteiger partial charge on any atom is 0.391 e. The molecular weight excluding hydrogens is 263 g/mol. The van der Waals surface area contributed by atoms with E-state index in [1.165, 1.54) is 6.26 Å². The number of hydrogen-bond acceptors (Lipinski definition) is 3. The van der Waals surface area contributed by atoms with E-state index in [1.54, 1.807) is 6.07 Å². The van der Waals surface area contributed by atoms with Crippen molar-refractivity contribution in [2.75, 3.05) is 13.1 Å². The van der Waals surface area contributed by atoms with Crippen molar-refractivity contribution in [3.8, 4) is 0 Å². The zero-order valence-electron chi connectivity index (χ0n) is 10.1. The first-order valence-corrected chi connectivity index (χ1v) is 5.96. The maximum atomic E-state index is 12.5. The van der Waals surface area contributed by atoms with Crippen LogP contribution in [0, 0.1) is 5.92 Å². The smallest absolute Gasteiger partial charge is 0.391 e. The van der Waals surface area contributed by atoms with Crippen molar-refractivity contribution in [3.63, 3.8) is 0 Å². The van der Waals surface area contributed by atoms with Crippen LogP contribution >= 0.6 is 0 Å². The SMILES string of the molecule is O=C(O)c1occc1CN1CCC(C(F)(F)F)CC1. The van der Waals surface area contributed by atoms with Gasteiger partial charge in [-0.05, 0) is 32.0 Å². The minimum atomic E-state index is -4.13. The largest absolute Gasteiger partial charge is 0.475 e. The van der Waals surface area contributed by atoms with Gasteiger partial charge < -0.3 is 9.52 Å². The van der Waals surface area contributed by atoms with Crippen LogP contribution in [0.5, 0.6) is 0 Å². The molecule has 1 aliphatic heterocycles. The van der Waals surface area contributed by atoms with Gasteiger partial charge in [0.25, 0.3) is 0 Å². The first kappa shape index (κ1) is 13.9. The number of rotatable bonds is 3. The molecule has 4 nitrogen and oxygen atoms in total. The van der Waals surface area contributed by atoms with Crippen molar-refractivity contribution in [2.45, 2.75) is 25.6 Å². The monoisotopic (exact) mass is 277 g/mol. The molecule has 0 amide bonds. The first-order valence-electron chi connectivity index (χ1n) is 5.96. The summed E-state index contributed by atoms with van der Waals surface area (Å²) in [4.78, 5) is 12.7. The van der Waals surface area contributed by atoms with E-state index < -0.39 is 18.1 Å². The molecule has 0 saturated carbocycles. The fourth-order valence-corrected chi connectivity index (χ4v) is 2.31. The second-order valence-corrected chi connectivity index (χ2v) is 4.67. The van der Waals surface area contributed by atoms with Crippen LogP contribution in [0.4, 0.5) is 13.2 Å². The molecule has 0 unspecified atom stereocenters. The minimum Gasteiger partial charge on any atom is -0.475 e. The molecule has 1 fully saturated rings. The highest BCUT2D eigenvalue weighted by Crippen LogP contribution is 2.34. The predicted molar refractivity (Wildman–Crippen MR) is 59.7 cm³/mol. The highest BCUT2D eigenvalue weighted by atomic mass is 19.4. The predicted octanol–water partition coefficient (Wildman–Crippen LogP) is 2.75. The van der Waals surface area contributed by atoms with Gasteiger partial charge in [0, 0.05) is 12.1 Å². The molecule has 1 aliphatic rings. The molecule has 2 heterocycles. The summed E-state index contributed by atoms with van der Waals surface area (Å²) >= 11 is 0. The number of aromatic carboxylic acids is 1. The lowest BCUT2D eigenvalue weighted by atomic mass is 9.96. The quantitative estimate of drug-likeness (QED) is 0.923.